The first-order valence-corrected chi connectivity index (χ1v) is 9.35. The number of methoxy groups -OCH3 is 1. The number of nitrogens with two attached hydrogens (primary N) is 1. The van der Waals surface area contributed by atoms with Crippen molar-refractivity contribution < 1.29 is 13.9 Å². The lowest BCUT2D eigenvalue weighted by Crippen LogP contribution is -2.00. The van der Waals surface area contributed by atoms with Gasteiger partial charge in [0.1, 0.15) is 35.6 Å². The second kappa shape index (κ2) is 8.45. The van der Waals surface area contributed by atoms with Crippen molar-refractivity contribution in [2.75, 3.05) is 12.8 Å². The molecule has 0 aromatic carbocycles. The third-order valence-corrected chi connectivity index (χ3v) is 5.04. The minimum atomic E-state index is -0.556. The average molecular weight is 410 g/mol. The standard InChI is InChI=1S/C24H18N4O3/c1-13(2)14-5-4-6-16-17(7-14)19(24(29)30-3)8-18(16)22(15(9-25)10-26)21-12-31-23(28)20(21)11-27/h4-8,12-13H,28H2,1-3H3. The lowest BCUT2D eigenvalue weighted by atomic mass is 9.91. The van der Waals surface area contributed by atoms with Crippen molar-refractivity contribution in [3.8, 4) is 29.3 Å². The first kappa shape index (κ1) is 21.2. The van der Waals surface area contributed by atoms with Crippen LogP contribution in [-0.2, 0) is 4.74 Å². The van der Waals surface area contributed by atoms with Crippen LogP contribution < -0.4 is 5.73 Å². The molecule has 0 bridgehead atoms. The van der Waals surface area contributed by atoms with Gasteiger partial charge in [0.15, 0.2) is 0 Å². The van der Waals surface area contributed by atoms with E-state index in [1.165, 1.54) is 13.4 Å². The topological polar surface area (TPSA) is 137 Å². The van der Waals surface area contributed by atoms with Crippen LogP contribution in [0.5, 0.6) is 0 Å². The van der Waals surface area contributed by atoms with Crippen molar-refractivity contribution in [1.29, 1.82) is 15.8 Å². The van der Waals surface area contributed by atoms with Crippen molar-refractivity contribution in [2.45, 2.75) is 19.8 Å². The molecule has 1 aromatic heterocycles. The molecule has 152 valence electrons. The number of anilines is 1. The molecule has 0 spiro atoms. The van der Waals surface area contributed by atoms with Gasteiger partial charge < -0.3 is 14.9 Å². The van der Waals surface area contributed by atoms with Crippen LogP contribution in [0.3, 0.4) is 0 Å². The molecule has 1 aromatic rings. The molecular weight excluding hydrogens is 392 g/mol. The van der Waals surface area contributed by atoms with E-state index < -0.39 is 5.97 Å². The lowest BCUT2D eigenvalue weighted by Gasteiger charge is -2.08. The zero-order chi connectivity index (χ0) is 22.7. The van der Waals surface area contributed by atoms with Gasteiger partial charge in [0.05, 0.1) is 12.7 Å². The van der Waals surface area contributed by atoms with Gasteiger partial charge in [-0.3, -0.25) is 0 Å². The first-order valence-electron chi connectivity index (χ1n) is 9.35. The summed E-state index contributed by atoms with van der Waals surface area (Å²) >= 11 is 0. The monoisotopic (exact) mass is 410 g/mol. The van der Waals surface area contributed by atoms with Crippen LogP contribution in [-0.4, -0.2) is 13.1 Å². The predicted octanol–water partition coefficient (Wildman–Crippen LogP) is 4.60. The molecule has 0 aliphatic heterocycles. The summed E-state index contributed by atoms with van der Waals surface area (Å²) in [7, 11) is 1.28. The molecule has 2 aliphatic rings. The lowest BCUT2D eigenvalue weighted by molar-refractivity contribution is 0.0602. The number of nitrogen functional groups attached to an aromatic ring is 1. The van der Waals surface area contributed by atoms with Gasteiger partial charge in [0, 0.05) is 11.1 Å². The van der Waals surface area contributed by atoms with Crippen LogP contribution in [0.2, 0.25) is 0 Å². The molecule has 0 saturated carbocycles. The fourth-order valence-electron chi connectivity index (χ4n) is 3.46. The van der Waals surface area contributed by atoms with E-state index in [0.29, 0.717) is 16.7 Å². The SMILES string of the molecule is COC(=O)c1cc(C(=C(C#N)C#N)c2coc(N)c2C#N)c2cccc(C(C)C)cc1-2. The summed E-state index contributed by atoms with van der Waals surface area (Å²) in [4.78, 5) is 12.6. The smallest absolute Gasteiger partial charge is 0.338 e. The Labute approximate surface area is 179 Å². The Morgan fingerprint density at radius 1 is 1.06 bits per heavy atom. The van der Waals surface area contributed by atoms with Gasteiger partial charge in [-0.05, 0) is 34.2 Å². The number of rotatable bonds is 4. The van der Waals surface area contributed by atoms with Crippen molar-refractivity contribution in [2.24, 2.45) is 0 Å². The molecule has 1 heterocycles. The van der Waals surface area contributed by atoms with E-state index in [1.807, 2.05) is 50.3 Å². The number of nitriles is 3. The normalized spacial score (nSPS) is 10.2. The fraction of sp³-hybridized carbons (Fsp3) is 0.167. The Morgan fingerprint density at radius 3 is 2.35 bits per heavy atom. The van der Waals surface area contributed by atoms with E-state index in [1.54, 1.807) is 12.1 Å². The van der Waals surface area contributed by atoms with E-state index in [9.17, 15) is 20.6 Å². The molecule has 31 heavy (non-hydrogen) atoms. The Morgan fingerprint density at radius 2 is 1.77 bits per heavy atom. The van der Waals surface area contributed by atoms with Gasteiger partial charge in [-0.1, -0.05) is 38.1 Å². The Kier molecular flexibility index (Phi) is 5.77. The van der Waals surface area contributed by atoms with E-state index in [2.05, 4.69) is 0 Å². The minimum Gasteiger partial charge on any atom is -0.465 e. The van der Waals surface area contributed by atoms with E-state index >= 15 is 0 Å². The summed E-state index contributed by atoms with van der Waals surface area (Å²) in [6, 6.07) is 14.7. The summed E-state index contributed by atoms with van der Waals surface area (Å²) in [5.41, 5.74) is 8.84. The maximum absolute atomic E-state index is 12.6. The number of esters is 1. The highest BCUT2D eigenvalue weighted by atomic mass is 16.5. The fourth-order valence-corrected chi connectivity index (χ4v) is 3.46. The second-order valence-electron chi connectivity index (χ2n) is 7.09. The maximum atomic E-state index is 12.6. The van der Waals surface area contributed by atoms with Crippen molar-refractivity contribution in [1.82, 2.24) is 0 Å². The van der Waals surface area contributed by atoms with Crippen LogP contribution in [0.15, 0.2) is 46.6 Å². The number of ether oxygens (including phenoxy) is 1. The number of carbonyl (C=O) groups excluding carboxylic acids is 1. The van der Waals surface area contributed by atoms with Crippen LogP contribution in [0.4, 0.5) is 5.88 Å². The third-order valence-electron chi connectivity index (χ3n) is 5.04. The predicted molar refractivity (Wildman–Crippen MR) is 114 cm³/mol. The molecule has 2 aliphatic carbocycles. The zero-order valence-electron chi connectivity index (χ0n) is 17.2. The Hall–Kier alpha value is -4.54. The van der Waals surface area contributed by atoms with Crippen LogP contribution in [0.25, 0.3) is 16.7 Å². The number of fused-ring (bicyclic) bond motifs is 1. The molecule has 0 fully saturated rings. The van der Waals surface area contributed by atoms with Gasteiger partial charge >= 0.3 is 5.97 Å². The summed E-state index contributed by atoms with van der Waals surface area (Å²) in [6.07, 6.45) is 1.23. The summed E-state index contributed by atoms with van der Waals surface area (Å²) in [5.74, 6) is -0.483. The molecule has 0 radical (unpaired) electrons. The van der Waals surface area contributed by atoms with E-state index in [-0.39, 0.29) is 39.6 Å². The molecule has 0 saturated heterocycles. The average Bonchev–Trinajstić information content (AvgIpc) is 3.21. The Balaban J connectivity index is 2.46. The quantitative estimate of drug-likeness (QED) is 0.490. The van der Waals surface area contributed by atoms with Crippen LogP contribution in [0, 0.1) is 34.0 Å². The number of hydrogen-bond donors (Lipinski definition) is 1. The molecule has 7 heteroatoms. The molecule has 2 N–H and O–H groups in total. The minimum absolute atomic E-state index is 0.00939. The number of hydrogen-bond acceptors (Lipinski definition) is 7. The van der Waals surface area contributed by atoms with Gasteiger partial charge in [0.2, 0.25) is 5.88 Å². The van der Waals surface area contributed by atoms with Gasteiger partial charge in [-0.25, -0.2) is 4.79 Å². The molecule has 7 nitrogen and oxygen atoms in total. The molecule has 0 amide bonds. The highest BCUT2D eigenvalue weighted by molar-refractivity contribution is 6.06. The van der Waals surface area contributed by atoms with Crippen molar-refractivity contribution in [3.05, 3.63) is 70.0 Å². The van der Waals surface area contributed by atoms with E-state index in [4.69, 9.17) is 14.9 Å². The summed E-state index contributed by atoms with van der Waals surface area (Å²) in [6.45, 7) is 4.07. The van der Waals surface area contributed by atoms with Gasteiger partial charge in [0.25, 0.3) is 0 Å². The van der Waals surface area contributed by atoms with E-state index in [0.717, 1.165) is 5.56 Å². The highest BCUT2D eigenvalue weighted by Crippen LogP contribution is 2.42. The number of furan rings is 1. The summed E-state index contributed by atoms with van der Waals surface area (Å²) < 4.78 is 10.2. The Bertz CT molecular complexity index is 1290. The largest absolute Gasteiger partial charge is 0.465 e. The molecular formula is C24H18N4O3. The highest BCUT2D eigenvalue weighted by Gasteiger charge is 2.28. The number of nitrogens with zero attached hydrogens (tertiary/aromatic N) is 3. The third kappa shape index (κ3) is 3.59. The van der Waals surface area contributed by atoms with Gasteiger partial charge in [-0.2, -0.15) is 15.8 Å². The maximum Gasteiger partial charge on any atom is 0.338 e. The van der Waals surface area contributed by atoms with Crippen LogP contribution in [0.1, 0.15) is 52.4 Å². The summed E-state index contributed by atoms with van der Waals surface area (Å²) in [5, 5.41) is 28.8. The van der Waals surface area contributed by atoms with Crippen molar-refractivity contribution in [3.63, 3.8) is 0 Å². The zero-order valence-corrected chi connectivity index (χ0v) is 17.2. The molecule has 0 atom stereocenters. The molecule has 0 unspecified atom stereocenters. The van der Waals surface area contributed by atoms with Crippen molar-refractivity contribution >= 4 is 17.4 Å². The molecule has 3 rings (SSSR count). The number of allylic oxidation sites excluding steroid dienone is 1. The van der Waals surface area contributed by atoms with Gasteiger partial charge in [-0.15, -0.1) is 0 Å². The second-order valence-corrected chi connectivity index (χ2v) is 7.09. The van der Waals surface area contributed by atoms with Crippen LogP contribution >= 0.6 is 0 Å². The number of carbonyl (C=O) groups is 1. The first-order chi connectivity index (χ1) is 14.9.